The standard InChI is InChI=1S/C9H16O3/c1-3-9(12,8(10)11)7-5-4-6(7)2/h6-7,12H,3-5H2,1-2H3,(H,10,11). The van der Waals surface area contributed by atoms with Crippen LogP contribution in [0.15, 0.2) is 0 Å². The maximum Gasteiger partial charge on any atom is 0.335 e. The molecule has 0 heterocycles. The Kier molecular flexibility index (Phi) is 2.42. The third kappa shape index (κ3) is 1.22. The van der Waals surface area contributed by atoms with Gasteiger partial charge in [0.1, 0.15) is 0 Å². The SMILES string of the molecule is CCC(O)(C(=O)O)C1CCC1C. The third-order valence-corrected chi connectivity index (χ3v) is 3.14. The van der Waals surface area contributed by atoms with Crippen molar-refractivity contribution < 1.29 is 15.0 Å². The highest BCUT2D eigenvalue weighted by atomic mass is 16.4. The number of aliphatic hydroxyl groups is 1. The van der Waals surface area contributed by atoms with Gasteiger partial charge in [0.2, 0.25) is 0 Å². The van der Waals surface area contributed by atoms with E-state index in [9.17, 15) is 9.90 Å². The number of carboxylic acid groups (broad SMARTS) is 1. The highest BCUT2D eigenvalue weighted by Crippen LogP contribution is 2.43. The lowest BCUT2D eigenvalue weighted by Gasteiger charge is -2.43. The van der Waals surface area contributed by atoms with Gasteiger partial charge in [-0.25, -0.2) is 4.79 Å². The smallest absolute Gasteiger partial charge is 0.335 e. The molecule has 0 aromatic heterocycles. The number of carbonyl (C=O) groups is 1. The summed E-state index contributed by atoms with van der Waals surface area (Å²) in [6.45, 7) is 3.72. The van der Waals surface area contributed by atoms with Crippen LogP contribution in [0.1, 0.15) is 33.1 Å². The molecule has 1 aliphatic carbocycles. The van der Waals surface area contributed by atoms with E-state index in [4.69, 9.17) is 5.11 Å². The average molecular weight is 172 g/mol. The average Bonchev–Trinajstić information content (AvgIpc) is 2.01. The van der Waals surface area contributed by atoms with Crippen LogP contribution >= 0.6 is 0 Å². The number of aliphatic carboxylic acids is 1. The van der Waals surface area contributed by atoms with Crippen molar-refractivity contribution in [2.75, 3.05) is 0 Å². The largest absolute Gasteiger partial charge is 0.479 e. The molecule has 0 spiro atoms. The molecule has 0 aliphatic heterocycles. The van der Waals surface area contributed by atoms with E-state index in [1.165, 1.54) is 0 Å². The van der Waals surface area contributed by atoms with Crippen LogP contribution < -0.4 is 0 Å². The summed E-state index contributed by atoms with van der Waals surface area (Å²) >= 11 is 0. The van der Waals surface area contributed by atoms with Gasteiger partial charge in [-0.15, -0.1) is 0 Å². The fraction of sp³-hybridized carbons (Fsp3) is 0.889. The Bertz CT molecular complexity index is 190. The van der Waals surface area contributed by atoms with Crippen molar-refractivity contribution in [2.45, 2.75) is 38.7 Å². The number of carboxylic acids is 1. The summed E-state index contributed by atoms with van der Waals surface area (Å²) < 4.78 is 0. The molecule has 1 rings (SSSR count). The molecule has 3 atom stereocenters. The van der Waals surface area contributed by atoms with Gasteiger partial charge in [-0.2, -0.15) is 0 Å². The van der Waals surface area contributed by atoms with Gasteiger partial charge in [0.15, 0.2) is 5.60 Å². The summed E-state index contributed by atoms with van der Waals surface area (Å²) in [6.07, 6.45) is 2.19. The van der Waals surface area contributed by atoms with Crippen LogP contribution in [0.3, 0.4) is 0 Å². The van der Waals surface area contributed by atoms with Gasteiger partial charge in [-0.1, -0.05) is 13.8 Å². The summed E-state index contributed by atoms with van der Waals surface area (Å²) in [5.74, 6) is -0.757. The Morgan fingerprint density at radius 1 is 1.58 bits per heavy atom. The molecule has 1 fully saturated rings. The van der Waals surface area contributed by atoms with Gasteiger partial charge in [0.25, 0.3) is 0 Å². The van der Waals surface area contributed by atoms with Crippen LogP contribution in [-0.4, -0.2) is 21.8 Å². The van der Waals surface area contributed by atoms with Gasteiger partial charge in [-0.05, 0) is 25.2 Å². The van der Waals surface area contributed by atoms with Gasteiger partial charge < -0.3 is 10.2 Å². The van der Waals surface area contributed by atoms with E-state index in [1.807, 2.05) is 6.92 Å². The molecule has 1 aliphatic rings. The van der Waals surface area contributed by atoms with Crippen LogP contribution in [0, 0.1) is 11.8 Å². The zero-order valence-electron chi connectivity index (χ0n) is 7.58. The molecule has 0 aromatic rings. The van der Waals surface area contributed by atoms with Crippen molar-refractivity contribution in [2.24, 2.45) is 11.8 Å². The summed E-state index contributed by atoms with van der Waals surface area (Å²) in [5.41, 5.74) is -1.47. The van der Waals surface area contributed by atoms with Crippen LogP contribution in [0.4, 0.5) is 0 Å². The molecule has 3 unspecified atom stereocenters. The predicted molar refractivity (Wildman–Crippen MR) is 44.8 cm³/mol. The van der Waals surface area contributed by atoms with Gasteiger partial charge in [-0.3, -0.25) is 0 Å². The Balaban J connectivity index is 2.72. The molecular formula is C9H16O3. The molecule has 70 valence electrons. The maximum absolute atomic E-state index is 10.8. The molecule has 0 aromatic carbocycles. The normalized spacial score (nSPS) is 33.6. The first-order chi connectivity index (χ1) is 5.52. The molecule has 0 saturated heterocycles. The lowest BCUT2D eigenvalue weighted by Crippen LogP contribution is -2.51. The second-order valence-corrected chi connectivity index (χ2v) is 3.74. The quantitative estimate of drug-likeness (QED) is 0.673. The molecule has 1 saturated carbocycles. The summed E-state index contributed by atoms with van der Waals surface area (Å²) in [7, 11) is 0. The Morgan fingerprint density at radius 2 is 2.17 bits per heavy atom. The third-order valence-electron chi connectivity index (χ3n) is 3.14. The molecule has 0 bridgehead atoms. The lowest BCUT2D eigenvalue weighted by molar-refractivity contribution is -0.174. The van der Waals surface area contributed by atoms with Gasteiger partial charge >= 0.3 is 5.97 Å². The van der Waals surface area contributed by atoms with Crippen molar-refractivity contribution in [3.63, 3.8) is 0 Å². The molecule has 12 heavy (non-hydrogen) atoms. The topological polar surface area (TPSA) is 57.5 Å². The minimum atomic E-state index is -1.47. The van der Waals surface area contributed by atoms with E-state index in [1.54, 1.807) is 6.92 Å². The van der Waals surface area contributed by atoms with E-state index < -0.39 is 11.6 Å². The highest BCUT2D eigenvalue weighted by molar-refractivity contribution is 5.77. The first-order valence-electron chi connectivity index (χ1n) is 4.48. The molecule has 0 radical (unpaired) electrons. The predicted octanol–water partition coefficient (Wildman–Crippen LogP) is 1.26. The van der Waals surface area contributed by atoms with Crippen molar-refractivity contribution >= 4 is 5.97 Å². The summed E-state index contributed by atoms with van der Waals surface area (Å²) in [6, 6.07) is 0. The number of hydrogen-bond donors (Lipinski definition) is 2. The van der Waals surface area contributed by atoms with E-state index in [2.05, 4.69) is 0 Å². The second-order valence-electron chi connectivity index (χ2n) is 3.74. The number of rotatable bonds is 3. The highest BCUT2D eigenvalue weighted by Gasteiger charge is 2.48. The minimum absolute atomic E-state index is 0.0417. The van der Waals surface area contributed by atoms with Gasteiger partial charge in [0, 0.05) is 5.92 Å². The monoisotopic (exact) mass is 172 g/mol. The zero-order chi connectivity index (χ0) is 9.35. The van der Waals surface area contributed by atoms with E-state index in [0.717, 1.165) is 12.8 Å². The molecule has 2 N–H and O–H groups in total. The van der Waals surface area contributed by atoms with E-state index in [0.29, 0.717) is 12.3 Å². The fourth-order valence-corrected chi connectivity index (χ4v) is 1.95. The van der Waals surface area contributed by atoms with Crippen molar-refractivity contribution in [3.05, 3.63) is 0 Å². The molecule has 3 nitrogen and oxygen atoms in total. The Hall–Kier alpha value is -0.570. The van der Waals surface area contributed by atoms with Crippen molar-refractivity contribution in [3.8, 4) is 0 Å². The van der Waals surface area contributed by atoms with Gasteiger partial charge in [0.05, 0.1) is 0 Å². The van der Waals surface area contributed by atoms with Crippen molar-refractivity contribution in [1.29, 1.82) is 0 Å². The summed E-state index contributed by atoms with van der Waals surface area (Å²) in [5, 5.41) is 18.6. The zero-order valence-corrected chi connectivity index (χ0v) is 7.58. The fourth-order valence-electron chi connectivity index (χ4n) is 1.95. The number of hydrogen-bond acceptors (Lipinski definition) is 2. The Labute approximate surface area is 72.4 Å². The lowest BCUT2D eigenvalue weighted by atomic mass is 9.65. The summed E-state index contributed by atoms with van der Waals surface area (Å²) in [4.78, 5) is 10.8. The Morgan fingerprint density at radius 3 is 2.25 bits per heavy atom. The van der Waals surface area contributed by atoms with Crippen LogP contribution in [0.25, 0.3) is 0 Å². The first kappa shape index (κ1) is 9.52. The van der Waals surface area contributed by atoms with E-state index >= 15 is 0 Å². The first-order valence-corrected chi connectivity index (χ1v) is 4.48. The molecular weight excluding hydrogens is 156 g/mol. The minimum Gasteiger partial charge on any atom is -0.479 e. The van der Waals surface area contributed by atoms with E-state index in [-0.39, 0.29) is 5.92 Å². The molecule has 3 heteroatoms. The molecule has 0 amide bonds. The van der Waals surface area contributed by atoms with Crippen LogP contribution in [0.2, 0.25) is 0 Å². The second kappa shape index (κ2) is 3.05. The van der Waals surface area contributed by atoms with Crippen molar-refractivity contribution in [1.82, 2.24) is 0 Å². The van der Waals surface area contributed by atoms with Crippen LogP contribution in [0.5, 0.6) is 0 Å². The maximum atomic E-state index is 10.8. The van der Waals surface area contributed by atoms with Crippen LogP contribution in [-0.2, 0) is 4.79 Å².